The molecule has 1 N–H and O–H groups in total. The fourth-order valence-electron chi connectivity index (χ4n) is 5.74. The lowest BCUT2D eigenvalue weighted by Crippen LogP contribution is -2.59. The van der Waals surface area contributed by atoms with Gasteiger partial charge in [-0.3, -0.25) is 9.69 Å². The number of likely N-dealkylation sites (N-methyl/N-ethyl adjacent to an activating group) is 1. The summed E-state index contributed by atoms with van der Waals surface area (Å²) in [4.78, 5) is 32.9. The van der Waals surface area contributed by atoms with Gasteiger partial charge in [-0.25, -0.2) is 14.5 Å². The molecule has 0 aliphatic carbocycles. The molecule has 39 heavy (non-hydrogen) atoms. The second kappa shape index (κ2) is 10.3. The maximum Gasteiger partial charge on any atom is 0.237 e. The summed E-state index contributed by atoms with van der Waals surface area (Å²) in [5, 5.41) is 4.41. The highest BCUT2D eigenvalue weighted by Crippen LogP contribution is 2.38. The van der Waals surface area contributed by atoms with E-state index in [1.807, 2.05) is 16.5 Å². The van der Waals surface area contributed by atoms with Crippen molar-refractivity contribution >= 4 is 28.4 Å². The van der Waals surface area contributed by atoms with Crippen LogP contribution in [0.3, 0.4) is 0 Å². The molecule has 1 aliphatic rings. The minimum Gasteiger partial charge on any atom is -0.353 e. The molecule has 1 aliphatic heterocycles. The molecule has 4 aromatic heterocycles. The monoisotopic (exact) mass is 530 g/mol. The van der Waals surface area contributed by atoms with Gasteiger partial charge in [-0.2, -0.15) is 5.10 Å². The van der Waals surface area contributed by atoms with Crippen LogP contribution in [0.25, 0.3) is 27.9 Å². The van der Waals surface area contributed by atoms with Gasteiger partial charge in [0.2, 0.25) is 5.91 Å². The van der Waals surface area contributed by atoms with Crippen LogP contribution in [0.2, 0.25) is 0 Å². The first-order valence-electron chi connectivity index (χ1n) is 14.1. The Morgan fingerprint density at radius 2 is 1.85 bits per heavy atom. The first kappa shape index (κ1) is 27.1. The summed E-state index contributed by atoms with van der Waals surface area (Å²) in [6.07, 6.45) is 3.67. The molecule has 1 fully saturated rings. The summed E-state index contributed by atoms with van der Waals surface area (Å²) in [6.45, 7) is 19.2. The molecule has 0 aromatic carbocycles. The number of rotatable bonds is 6. The van der Waals surface area contributed by atoms with Crippen molar-refractivity contribution in [2.24, 2.45) is 0 Å². The average Bonchev–Trinajstić information content (AvgIpc) is 3.51. The van der Waals surface area contributed by atoms with Gasteiger partial charge in [-0.1, -0.05) is 13.8 Å². The number of aromatic nitrogens is 5. The Hall–Kier alpha value is -3.46. The van der Waals surface area contributed by atoms with Crippen LogP contribution in [0.1, 0.15) is 64.2 Å². The van der Waals surface area contributed by atoms with E-state index in [1.165, 1.54) is 11.1 Å². The molecule has 5 heterocycles. The molecule has 2 atom stereocenters. The lowest BCUT2D eigenvalue weighted by atomic mass is 9.95. The van der Waals surface area contributed by atoms with Crippen LogP contribution in [0.15, 0.2) is 24.7 Å². The lowest BCUT2D eigenvalue weighted by molar-refractivity contribution is -0.135. The van der Waals surface area contributed by atoms with Crippen molar-refractivity contribution < 1.29 is 4.79 Å². The number of pyridine rings is 2. The number of aryl methyl sites for hydroxylation is 1. The van der Waals surface area contributed by atoms with E-state index in [9.17, 15) is 4.79 Å². The molecule has 4 aromatic rings. The number of amides is 1. The average molecular weight is 531 g/mol. The summed E-state index contributed by atoms with van der Waals surface area (Å²) in [5.41, 5.74) is 8.65. The van der Waals surface area contributed by atoms with Crippen molar-refractivity contribution in [2.45, 2.75) is 79.4 Å². The summed E-state index contributed by atoms with van der Waals surface area (Å²) in [5.74, 6) is 1.42. The first-order valence-corrected chi connectivity index (χ1v) is 14.1. The fraction of sp³-hybridized carbons (Fsp3) is 0.533. The Balaban J connectivity index is 1.49. The number of H-pyrrole nitrogens is 1. The fourth-order valence-corrected chi connectivity index (χ4v) is 5.74. The standard InChI is InChI=1S/C30H42N8O/c1-17(2)27-28(23-14-38-30(31-16-32-38)22(8)21(23)7)33-24-10-11-25(34-29(24)27)36-12-20(6)37(13-19(36)5)26(39)15-35(9)18(3)4/h10-11,14,16-20,33H,12-13,15H2,1-9H3/t19-,20+/m1/s1. The molecule has 0 bridgehead atoms. The molecule has 0 radical (unpaired) electrons. The van der Waals surface area contributed by atoms with E-state index in [0.717, 1.165) is 45.9 Å². The van der Waals surface area contributed by atoms with Crippen LogP contribution in [-0.2, 0) is 4.79 Å². The number of carbonyl (C=O) groups is 1. The van der Waals surface area contributed by atoms with Gasteiger partial charge in [0.25, 0.3) is 0 Å². The van der Waals surface area contributed by atoms with Crippen LogP contribution in [-0.4, -0.2) is 85.1 Å². The van der Waals surface area contributed by atoms with Gasteiger partial charge in [0.15, 0.2) is 5.65 Å². The number of aromatic amines is 1. The first-order chi connectivity index (χ1) is 18.5. The number of nitrogens with zero attached hydrogens (tertiary/aromatic N) is 7. The van der Waals surface area contributed by atoms with E-state index >= 15 is 0 Å². The molecule has 208 valence electrons. The second-order valence-corrected chi connectivity index (χ2v) is 11.9. The second-order valence-electron chi connectivity index (χ2n) is 11.9. The largest absolute Gasteiger partial charge is 0.353 e. The Morgan fingerprint density at radius 3 is 2.54 bits per heavy atom. The van der Waals surface area contributed by atoms with Crippen molar-refractivity contribution in [3.8, 4) is 11.3 Å². The molecular weight excluding hydrogens is 488 g/mol. The SMILES string of the molecule is Cc1c(-c2[nH]c3ccc(N4C[C@H](C)N(C(=O)CN(C)C(C)C)C[C@H]4C)nc3c2C(C)C)cn2ncnc2c1C. The van der Waals surface area contributed by atoms with Crippen molar-refractivity contribution in [1.82, 2.24) is 34.4 Å². The number of anilines is 1. The zero-order valence-corrected chi connectivity index (χ0v) is 24.8. The zero-order valence-electron chi connectivity index (χ0n) is 24.8. The summed E-state index contributed by atoms with van der Waals surface area (Å²) >= 11 is 0. The number of hydrogen-bond acceptors (Lipinski definition) is 6. The smallest absolute Gasteiger partial charge is 0.237 e. The molecule has 9 heteroatoms. The Labute approximate surface area is 231 Å². The van der Waals surface area contributed by atoms with Gasteiger partial charge in [-0.05, 0) is 77.8 Å². The summed E-state index contributed by atoms with van der Waals surface area (Å²) < 4.78 is 1.86. The van der Waals surface area contributed by atoms with Gasteiger partial charge in [0.05, 0.1) is 23.3 Å². The molecule has 0 saturated carbocycles. The topological polar surface area (TPSA) is 85.7 Å². The van der Waals surface area contributed by atoms with E-state index < -0.39 is 0 Å². The molecule has 1 amide bonds. The number of hydrogen-bond donors (Lipinski definition) is 1. The minimum atomic E-state index is 0.109. The highest BCUT2D eigenvalue weighted by atomic mass is 16.2. The Bertz CT molecular complexity index is 1520. The zero-order chi connectivity index (χ0) is 28.2. The molecule has 0 unspecified atom stereocenters. The number of piperazine rings is 1. The third kappa shape index (κ3) is 4.77. The van der Waals surface area contributed by atoms with Crippen molar-refractivity contribution in [1.29, 1.82) is 0 Å². The van der Waals surface area contributed by atoms with Gasteiger partial charge >= 0.3 is 0 Å². The van der Waals surface area contributed by atoms with E-state index in [1.54, 1.807) is 6.33 Å². The Morgan fingerprint density at radius 1 is 1.10 bits per heavy atom. The molecule has 0 spiro atoms. The van der Waals surface area contributed by atoms with Crippen molar-refractivity contribution in [2.75, 3.05) is 31.6 Å². The van der Waals surface area contributed by atoms with Crippen molar-refractivity contribution in [3.63, 3.8) is 0 Å². The summed E-state index contributed by atoms with van der Waals surface area (Å²) in [6, 6.07) is 4.87. The highest BCUT2D eigenvalue weighted by molar-refractivity contribution is 5.90. The minimum absolute atomic E-state index is 0.109. The van der Waals surface area contributed by atoms with Crippen LogP contribution in [0.4, 0.5) is 5.82 Å². The van der Waals surface area contributed by atoms with E-state index in [0.29, 0.717) is 19.1 Å². The number of fused-ring (bicyclic) bond motifs is 2. The highest BCUT2D eigenvalue weighted by Gasteiger charge is 2.33. The summed E-state index contributed by atoms with van der Waals surface area (Å²) in [7, 11) is 2.01. The normalized spacial score (nSPS) is 18.5. The lowest BCUT2D eigenvalue weighted by Gasteiger charge is -2.45. The molecule has 1 saturated heterocycles. The maximum absolute atomic E-state index is 13.1. The van der Waals surface area contributed by atoms with Gasteiger partial charge in [-0.15, -0.1) is 0 Å². The number of nitrogens with one attached hydrogen (secondary N) is 1. The molecular formula is C30H42N8O. The third-order valence-corrected chi connectivity index (χ3v) is 8.50. The van der Waals surface area contributed by atoms with Gasteiger partial charge in [0, 0.05) is 48.5 Å². The molecule has 9 nitrogen and oxygen atoms in total. The molecule has 5 rings (SSSR count). The van der Waals surface area contributed by atoms with E-state index in [-0.39, 0.29) is 23.9 Å². The van der Waals surface area contributed by atoms with Crippen molar-refractivity contribution in [3.05, 3.63) is 41.3 Å². The van der Waals surface area contributed by atoms with Crippen LogP contribution < -0.4 is 4.90 Å². The van der Waals surface area contributed by atoms with E-state index in [4.69, 9.17) is 4.98 Å². The third-order valence-electron chi connectivity index (χ3n) is 8.50. The van der Waals surface area contributed by atoms with E-state index in [2.05, 4.69) is 98.6 Å². The Kier molecular flexibility index (Phi) is 7.13. The van der Waals surface area contributed by atoms with Crippen LogP contribution >= 0.6 is 0 Å². The van der Waals surface area contributed by atoms with Gasteiger partial charge < -0.3 is 14.8 Å². The van der Waals surface area contributed by atoms with Crippen LogP contribution in [0.5, 0.6) is 0 Å². The predicted molar refractivity (Wildman–Crippen MR) is 157 cm³/mol. The maximum atomic E-state index is 13.1. The predicted octanol–water partition coefficient (Wildman–Crippen LogP) is 4.78. The quantitative estimate of drug-likeness (QED) is 0.386. The van der Waals surface area contributed by atoms with Crippen LogP contribution in [0, 0.1) is 13.8 Å². The van der Waals surface area contributed by atoms with Gasteiger partial charge in [0.1, 0.15) is 12.1 Å². The number of carbonyl (C=O) groups excluding carboxylic acids is 1.